The Hall–Kier alpha value is -2.41. The number of aromatic nitrogens is 2. The van der Waals surface area contributed by atoms with Gasteiger partial charge in [0.05, 0.1) is 18.4 Å². The maximum Gasteiger partial charge on any atom is 0.341 e. The molecular formula is C19H23N3O3S. The van der Waals surface area contributed by atoms with Gasteiger partial charge in [-0.2, -0.15) is 5.10 Å². The third kappa shape index (κ3) is 4.22. The lowest BCUT2D eigenvalue weighted by atomic mass is 9.95. The van der Waals surface area contributed by atoms with Gasteiger partial charge in [0.15, 0.2) is 0 Å². The minimum absolute atomic E-state index is 0.267. The number of ether oxygens (including phenoxy) is 1. The van der Waals surface area contributed by atoms with Gasteiger partial charge >= 0.3 is 5.97 Å². The van der Waals surface area contributed by atoms with Gasteiger partial charge in [-0.05, 0) is 43.7 Å². The highest BCUT2D eigenvalue weighted by Crippen LogP contribution is 2.38. The molecule has 2 heterocycles. The second-order valence-electron chi connectivity index (χ2n) is 6.32. The number of amides is 1. The van der Waals surface area contributed by atoms with Crippen molar-refractivity contribution in [3.63, 3.8) is 0 Å². The predicted octanol–water partition coefficient (Wildman–Crippen LogP) is 3.58. The van der Waals surface area contributed by atoms with Crippen LogP contribution in [0.25, 0.3) is 6.08 Å². The Bertz CT molecular complexity index is 835. The third-order valence-electron chi connectivity index (χ3n) is 4.20. The zero-order valence-electron chi connectivity index (χ0n) is 15.1. The maximum absolute atomic E-state index is 12.5. The molecule has 138 valence electrons. The average molecular weight is 373 g/mol. The lowest BCUT2D eigenvalue weighted by Gasteiger charge is -2.12. The number of nitrogens with one attached hydrogen (secondary N) is 1. The Morgan fingerprint density at radius 2 is 2.19 bits per heavy atom. The van der Waals surface area contributed by atoms with E-state index in [-0.39, 0.29) is 11.9 Å². The van der Waals surface area contributed by atoms with Gasteiger partial charge in [0.2, 0.25) is 5.91 Å². The molecule has 1 aliphatic rings. The van der Waals surface area contributed by atoms with Gasteiger partial charge in [-0.1, -0.05) is 6.92 Å². The number of carbonyl (C=O) groups is 2. The first-order chi connectivity index (χ1) is 12.6. The number of hydrogen-bond donors (Lipinski definition) is 1. The van der Waals surface area contributed by atoms with Crippen LogP contribution in [0.1, 0.15) is 52.5 Å². The van der Waals surface area contributed by atoms with Crippen molar-refractivity contribution in [3.05, 3.63) is 40.0 Å². The molecule has 1 amide bonds. The Kier molecular flexibility index (Phi) is 5.88. The summed E-state index contributed by atoms with van der Waals surface area (Å²) in [4.78, 5) is 26.0. The summed E-state index contributed by atoms with van der Waals surface area (Å²) in [7, 11) is 1.82. The first-order valence-corrected chi connectivity index (χ1v) is 9.69. The Labute approximate surface area is 156 Å². The molecule has 3 rings (SSSR count). The topological polar surface area (TPSA) is 73.2 Å². The number of carbonyl (C=O) groups excluding carboxylic acids is 2. The fraction of sp³-hybridized carbons (Fsp3) is 0.421. The van der Waals surface area contributed by atoms with Gasteiger partial charge in [0.1, 0.15) is 5.00 Å². The van der Waals surface area contributed by atoms with E-state index in [1.165, 1.54) is 22.3 Å². The van der Waals surface area contributed by atoms with Gasteiger partial charge in [-0.25, -0.2) is 4.79 Å². The number of anilines is 1. The predicted molar refractivity (Wildman–Crippen MR) is 102 cm³/mol. The average Bonchev–Trinajstić information content (AvgIpc) is 3.20. The van der Waals surface area contributed by atoms with Crippen LogP contribution >= 0.6 is 11.3 Å². The van der Waals surface area contributed by atoms with E-state index < -0.39 is 0 Å². The standard InChI is InChI=1S/C19H23N3O3S/c1-3-10-25-19(24)17-14-6-4-5-7-15(14)26-18(17)21-16(23)9-8-13-11-20-22(2)12-13/h8-9,11-12H,3-7,10H2,1-2H3,(H,21,23). The van der Waals surface area contributed by atoms with E-state index in [9.17, 15) is 9.59 Å². The van der Waals surface area contributed by atoms with Gasteiger partial charge in [0.25, 0.3) is 0 Å². The normalized spacial score (nSPS) is 13.6. The second-order valence-corrected chi connectivity index (χ2v) is 7.43. The minimum atomic E-state index is -0.335. The molecule has 0 bridgehead atoms. The quantitative estimate of drug-likeness (QED) is 0.620. The molecule has 0 aliphatic heterocycles. The molecule has 0 unspecified atom stereocenters. The van der Waals surface area contributed by atoms with Crippen molar-refractivity contribution in [2.24, 2.45) is 7.05 Å². The van der Waals surface area contributed by atoms with Crippen LogP contribution in [0.3, 0.4) is 0 Å². The van der Waals surface area contributed by atoms with E-state index in [0.29, 0.717) is 17.2 Å². The fourth-order valence-corrected chi connectivity index (χ4v) is 4.27. The zero-order valence-corrected chi connectivity index (χ0v) is 15.9. The molecule has 0 saturated carbocycles. The molecule has 0 radical (unpaired) electrons. The summed E-state index contributed by atoms with van der Waals surface area (Å²) in [5.74, 6) is -0.602. The number of aryl methyl sites for hydroxylation is 2. The summed E-state index contributed by atoms with van der Waals surface area (Å²) in [6, 6.07) is 0. The van der Waals surface area contributed by atoms with Crippen LogP contribution in [-0.2, 0) is 29.4 Å². The summed E-state index contributed by atoms with van der Waals surface area (Å²) < 4.78 is 7.02. The van der Waals surface area contributed by atoms with Gasteiger partial charge in [0, 0.05) is 29.8 Å². The molecule has 1 aliphatic carbocycles. The van der Waals surface area contributed by atoms with Crippen molar-refractivity contribution in [3.8, 4) is 0 Å². The van der Waals surface area contributed by atoms with Crippen LogP contribution in [0.2, 0.25) is 0 Å². The highest BCUT2D eigenvalue weighted by atomic mass is 32.1. The summed E-state index contributed by atoms with van der Waals surface area (Å²) in [5.41, 5.74) is 2.44. The smallest absolute Gasteiger partial charge is 0.341 e. The van der Waals surface area contributed by atoms with Gasteiger partial charge in [-0.15, -0.1) is 11.3 Å². The SMILES string of the molecule is CCCOC(=O)c1c(NC(=O)C=Cc2cnn(C)c2)sc2c1CCCC2. The van der Waals surface area contributed by atoms with Crippen molar-refractivity contribution >= 4 is 34.3 Å². The van der Waals surface area contributed by atoms with E-state index in [2.05, 4.69) is 10.4 Å². The van der Waals surface area contributed by atoms with Crippen molar-refractivity contribution in [1.82, 2.24) is 9.78 Å². The Balaban J connectivity index is 1.79. The lowest BCUT2D eigenvalue weighted by Crippen LogP contribution is -2.14. The van der Waals surface area contributed by atoms with Crippen molar-refractivity contribution < 1.29 is 14.3 Å². The van der Waals surface area contributed by atoms with Crippen LogP contribution < -0.4 is 5.32 Å². The molecule has 0 aromatic carbocycles. The summed E-state index contributed by atoms with van der Waals surface area (Å²) in [5, 5.41) is 7.53. The molecule has 2 aromatic heterocycles. The summed E-state index contributed by atoms with van der Waals surface area (Å²) in [6.45, 7) is 2.35. The first kappa shape index (κ1) is 18.4. The number of hydrogen-bond acceptors (Lipinski definition) is 5. The molecule has 0 fully saturated rings. The Morgan fingerprint density at radius 1 is 1.38 bits per heavy atom. The molecule has 1 N–H and O–H groups in total. The number of rotatable bonds is 6. The number of thiophene rings is 1. The van der Waals surface area contributed by atoms with Gasteiger partial charge < -0.3 is 10.1 Å². The first-order valence-electron chi connectivity index (χ1n) is 8.88. The van der Waals surface area contributed by atoms with Crippen LogP contribution in [0.15, 0.2) is 18.5 Å². The van der Waals surface area contributed by atoms with Crippen LogP contribution in [0.5, 0.6) is 0 Å². The second kappa shape index (κ2) is 8.31. The van der Waals surface area contributed by atoms with Crippen molar-refractivity contribution in [2.45, 2.75) is 39.0 Å². The highest BCUT2D eigenvalue weighted by Gasteiger charge is 2.27. The minimum Gasteiger partial charge on any atom is -0.462 e. The van der Waals surface area contributed by atoms with Crippen molar-refractivity contribution in [2.75, 3.05) is 11.9 Å². The van der Waals surface area contributed by atoms with E-state index in [0.717, 1.165) is 43.2 Å². The summed E-state index contributed by atoms with van der Waals surface area (Å²) in [6.07, 6.45) is 11.4. The monoisotopic (exact) mass is 373 g/mol. The van der Waals surface area contributed by atoms with E-state index in [4.69, 9.17) is 4.74 Å². The highest BCUT2D eigenvalue weighted by molar-refractivity contribution is 7.17. The Morgan fingerprint density at radius 3 is 2.92 bits per heavy atom. The zero-order chi connectivity index (χ0) is 18.5. The van der Waals surface area contributed by atoms with E-state index in [1.807, 2.05) is 20.2 Å². The fourth-order valence-electron chi connectivity index (χ4n) is 2.99. The molecular weight excluding hydrogens is 350 g/mol. The number of nitrogens with zero attached hydrogens (tertiary/aromatic N) is 2. The van der Waals surface area contributed by atoms with Crippen LogP contribution in [0.4, 0.5) is 5.00 Å². The maximum atomic E-state index is 12.5. The summed E-state index contributed by atoms with van der Waals surface area (Å²) >= 11 is 1.49. The van der Waals surface area contributed by atoms with E-state index >= 15 is 0 Å². The number of esters is 1. The van der Waals surface area contributed by atoms with E-state index in [1.54, 1.807) is 17.0 Å². The molecule has 2 aromatic rings. The van der Waals surface area contributed by atoms with Gasteiger partial charge in [-0.3, -0.25) is 9.48 Å². The van der Waals surface area contributed by atoms with Crippen LogP contribution in [0, 0.1) is 0 Å². The largest absolute Gasteiger partial charge is 0.462 e. The molecule has 26 heavy (non-hydrogen) atoms. The van der Waals surface area contributed by atoms with Crippen LogP contribution in [-0.4, -0.2) is 28.3 Å². The number of fused-ring (bicyclic) bond motifs is 1. The molecule has 0 saturated heterocycles. The van der Waals surface area contributed by atoms with Crippen molar-refractivity contribution in [1.29, 1.82) is 0 Å². The lowest BCUT2D eigenvalue weighted by molar-refractivity contribution is -0.111. The third-order valence-corrected chi connectivity index (χ3v) is 5.41. The molecule has 0 atom stereocenters. The molecule has 0 spiro atoms. The molecule has 6 nitrogen and oxygen atoms in total. The molecule has 7 heteroatoms.